The van der Waals surface area contributed by atoms with E-state index in [-0.39, 0.29) is 48.0 Å². The van der Waals surface area contributed by atoms with E-state index in [2.05, 4.69) is 39.8 Å². The maximum atomic E-state index is 12.3. The summed E-state index contributed by atoms with van der Waals surface area (Å²) in [6.07, 6.45) is -25.8. The van der Waals surface area contributed by atoms with Crippen molar-refractivity contribution in [2.45, 2.75) is 208 Å². The molecule has 29 unspecified atom stereocenters. The summed E-state index contributed by atoms with van der Waals surface area (Å²) in [6, 6.07) is 0. The maximum absolute atomic E-state index is 12.3. The molecule has 7 fully saturated rings. The van der Waals surface area contributed by atoms with Crippen molar-refractivity contribution in [3.05, 3.63) is 23.8 Å². The molecule has 4 aliphatic carbocycles. The summed E-state index contributed by atoms with van der Waals surface area (Å²) in [5.74, 6) is 0.682. The molecule has 0 aromatic carbocycles. The highest BCUT2D eigenvalue weighted by atomic mass is 16.8. The minimum absolute atomic E-state index is 0.00289. The topological polar surface area (TPSA) is 377 Å². The Morgan fingerprint density at radius 1 is 0.630 bits per heavy atom. The van der Waals surface area contributed by atoms with Gasteiger partial charge in [-0.25, -0.2) is 0 Å². The molecule has 15 N–H and O–H groups in total. The van der Waals surface area contributed by atoms with E-state index in [9.17, 15) is 76.6 Å². The van der Waals surface area contributed by atoms with E-state index in [4.69, 9.17) is 37.9 Å². The predicted molar refractivity (Wildman–Crippen MR) is 248 cm³/mol. The van der Waals surface area contributed by atoms with Crippen molar-refractivity contribution in [3.63, 3.8) is 0 Å². The van der Waals surface area contributed by atoms with Crippen molar-refractivity contribution in [3.8, 4) is 0 Å². The SMILES string of the molecule is CC(C)CC=CC(CO)C1CC(O)C2C3CC=C4C(O)C(OC5OC(CO)C(OC6OC(CO)C(O)C(O)C6O)C(OC6OCC(O)C(O)C6OC6OC(CO)C(O)C(O)C6O)C5O)CCC4(C)C3CCC12C. The number of allylic oxidation sites excluding steroid dienone is 2. The van der Waals surface area contributed by atoms with Crippen LogP contribution in [-0.2, 0) is 37.9 Å². The van der Waals surface area contributed by atoms with Gasteiger partial charge in [-0.05, 0) is 90.9 Å². The molecule has 73 heavy (non-hydrogen) atoms. The number of aliphatic hydroxyl groups is 15. The summed E-state index contributed by atoms with van der Waals surface area (Å²) in [7, 11) is 0. The number of fused-ring (bicyclic) bond motifs is 5. The Hall–Kier alpha value is -1.44. The van der Waals surface area contributed by atoms with Crippen LogP contribution >= 0.6 is 0 Å². The van der Waals surface area contributed by atoms with E-state index in [1.807, 2.05) is 6.08 Å². The second-order valence-corrected chi connectivity index (χ2v) is 22.8. The van der Waals surface area contributed by atoms with Crippen LogP contribution in [0.5, 0.6) is 0 Å². The van der Waals surface area contributed by atoms with Crippen LogP contribution in [0.15, 0.2) is 23.8 Å². The average Bonchev–Trinajstić information content (AvgIpc) is 3.64. The lowest BCUT2D eigenvalue weighted by atomic mass is 9.46. The summed E-state index contributed by atoms with van der Waals surface area (Å²) >= 11 is 0. The average molecular weight is 1050 g/mol. The molecule has 4 heterocycles. The first-order valence-corrected chi connectivity index (χ1v) is 26.1. The lowest BCUT2D eigenvalue weighted by molar-refractivity contribution is -0.397. The zero-order chi connectivity index (χ0) is 53.0. The molecule has 0 spiro atoms. The van der Waals surface area contributed by atoms with Gasteiger partial charge < -0.3 is 114 Å². The highest BCUT2D eigenvalue weighted by Gasteiger charge is 2.64. The lowest BCUT2D eigenvalue weighted by Crippen LogP contribution is -2.67. The van der Waals surface area contributed by atoms with Crippen LogP contribution in [-0.4, -0.2) is 245 Å². The molecule has 3 saturated carbocycles. The molecule has 0 bridgehead atoms. The van der Waals surface area contributed by atoms with Gasteiger partial charge in [-0.2, -0.15) is 0 Å². The zero-order valence-corrected chi connectivity index (χ0v) is 41.9. The molecular formula is C50H82O23. The van der Waals surface area contributed by atoms with Gasteiger partial charge in [-0.15, -0.1) is 0 Å². The number of hydrogen-bond donors (Lipinski definition) is 15. The molecule has 8 aliphatic rings. The Bertz CT molecular complexity index is 1860. The van der Waals surface area contributed by atoms with E-state index >= 15 is 0 Å². The molecule has 23 heteroatoms. The van der Waals surface area contributed by atoms with E-state index in [0.717, 1.165) is 24.8 Å². The monoisotopic (exact) mass is 1050 g/mol. The van der Waals surface area contributed by atoms with Crippen molar-refractivity contribution in [2.75, 3.05) is 33.0 Å². The van der Waals surface area contributed by atoms with Crippen molar-refractivity contribution in [1.29, 1.82) is 0 Å². The van der Waals surface area contributed by atoms with E-state index in [1.54, 1.807) is 0 Å². The van der Waals surface area contributed by atoms with Gasteiger partial charge >= 0.3 is 0 Å². The highest BCUT2D eigenvalue weighted by molar-refractivity contribution is 5.30. The van der Waals surface area contributed by atoms with Gasteiger partial charge in [0.15, 0.2) is 25.2 Å². The summed E-state index contributed by atoms with van der Waals surface area (Å²) in [6.45, 7) is 5.56. The summed E-state index contributed by atoms with van der Waals surface area (Å²) < 4.78 is 47.7. The van der Waals surface area contributed by atoms with Gasteiger partial charge in [0, 0.05) is 12.5 Å². The normalized spacial score (nSPS) is 51.9. The second-order valence-electron chi connectivity index (χ2n) is 22.8. The van der Waals surface area contributed by atoms with Crippen molar-refractivity contribution < 1.29 is 114 Å². The highest BCUT2D eigenvalue weighted by Crippen LogP contribution is 2.67. The van der Waals surface area contributed by atoms with Crippen LogP contribution in [0, 0.1) is 46.3 Å². The molecule has 420 valence electrons. The fourth-order valence-electron chi connectivity index (χ4n) is 14.0. The Morgan fingerprint density at radius 2 is 1.21 bits per heavy atom. The number of aliphatic hydroxyl groups excluding tert-OH is 15. The van der Waals surface area contributed by atoms with Gasteiger partial charge in [-0.3, -0.25) is 0 Å². The van der Waals surface area contributed by atoms with E-state index in [1.165, 1.54) is 0 Å². The third kappa shape index (κ3) is 10.9. The number of ether oxygens (including phenoxy) is 8. The van der Waals surface area contributed by atoms with Gasteiger partial charge in [0.1, 0.15) is 97.7 Å². The van der Waals surface area contributed by atoms with Crippen molar-refractivity contribution in [2.24, 2.45) is 46.3 Å². The summed E-state index contributed by atoms with van der Waals surface area (Å²) in [5, 5.41) is 163. The largest absolute Gasteiger partial charge is 0.396 e. The molecule has 4 saturated heterocycles. The third-order valence-corrected chi connectivity index (χ3v) is 18.0. The molecule has 0 radical (unpaired) electrons. The van der Waals surface area contributed by atoms with Gasteiger partial charge in [0.25, 0.3) is 0 Å². The van der Waals surface area contributed by atoms with Crippen LogP contribution in [0.3, 0.4) is 0 Å². The van der Waals surface area contributed by atoms with Crippen molar-refractivity contribution in [1.82, 2.24) is 0 Å². The van der Waals surface area contributed by atoms with Crippen LogP contribution in [0.4, 0.5) is 0 Å². The van der Waals surface area contributed by atoms with Crippen LogP contribution in [0.25, 0.3) is 0 Å². The molecule has 4 aliphatic heterocycles. The minimum atomic E-state index is -1.98. The fourth-order valence-corrected chi connectivity index (χ4v) is 14.0. The first-order chi connectivity index (χ1) is 34.6. The minimum Gasteiger partial charge on any atom is -0.396 e. The maximum Gasteiger partial charge on any atom is 0.187 e. The lowest BCUT2D eigenvalue weighted by Gasteiger charge is -2.59. The van der Waals surface area contributed by atoms with Crippen LogP contribution in [0.1, 0.15) is 72.6 Å². The first-order valence-electron chi connectivity index (χ1n) is 26.1. The first kappa shape index (κ1) is 57.7. The summed E-state index contributed by atoms with van der Waals surface area (Å²) in [4.78, 5) is 0. The molecule has 0 aromatic rings. The number of rotatable bonds is 16. The molecule has 23 nitrogen and oxygen atoms in total. The van der Waals surface area contributed by atoms with E-state index < -0.39 is 167 Å². The van der Waals surface area contributed by atoms with Gasteiger partial charge in [0.2, 0.25) is 0 Å². The Morgan fingerprint density at radius 3 is 1.79 bits per heavy atom. The predicted octanol–water partition coefficient (Wildman–Crippen LogP) is -3.99. The molecule has 8 rings (SSSR count). The molecular weight excluding hydrogens is 969 g/mol. The fraction of sp³-hybridized carbons (Fsp3) is 0.920. The number of hydrogen-bond acceptors (Lipinski definition) is 23. The van der Waals surface area contributed by atoms with Crippen molar-refractivity contribution >= 4 is 0 Å². The molecule has 29 atom stereocenters. The summed E-state index contributed by atoms with van der Waals surface area (Å²) in [5.41, 5.74) is 0.0355. The molecule has 0 amide bonds. The Kier molecular flexibility index (Phi) is 18.6. The van der Waals surface area contributed by atoms with Crippen LogP contribution in [0.2, 0.25) is 0 Å². The van der Waals surface area contributed by atoms with E-state index in [0.29, 0.717) is 25.2 Å². The van der Waals surface area contributed by atoms with Gasteiger partial charge in [0.05, 0.1) is 38.6 Å². The Labute approximate surface area is 424 Å². The zero-order valence-electron chi connectivity index (χ0n) is 41.9. The third-order valence-electron chi connectivity index (χ3n) is 18.0. The quantitative estimate of drug-likeness (QED) is 0.0656. The molecule has 0 aromatic heterocycles. The Balaban J connectivity index is 1.04. The standard InChI is InChI=1S/C50H82O23/c1-20(2)6-5-7-21(15-51)25-14-26(55)32-22-8-9-24-33(57)28(11-13-49(24,3)23(22)10-12-50(25,32)4)67-47-41(65)43(42(31(18-54)70-47)71-45-39(63)37(61)35(59)29(16-52)68-45)72-48-44(34(58)27(56)19-66-48)73-46-40(64)38(62)36(60)30(17-53)69-46/h5,7,9,20-23,25-48,51-65H,6,8,10-19H2,1-4H3. The second kappa shape index (κ2) is 23.5. The van der Waals surface area contributed by atoms with Gasteiger partial charge in [-0.1, -0.05) is 45.9 Å². The van der Waals surface area contributed by atoms with Crippen LogP contribution < -0.4 is 0 Å². The smallest absolute Gasteiger partial charge is 0.187 e.